The number of hydrogen-bond acceptors (Lipinski definition) is 6. The summed E-state index contributed by atoms with van der Waals surface area (Å²) < 4.78 is 18.6. The number of halogens is 1. The zero-order valence-electron chi connectivity index (χ0n) is 17.6. The maximum Gasteiger partial charge on any atom is 0.214 e. The Morgan fingerprint density at radius 1 is 1.12 bits per heavy atom. The summed E-state index contributed by atoms with van der Waals surface area (Å²) in [4.78, 5) is 18.1. The van der Waals surface area contributed by atoms with Crippen LogP contribution in [0.5, 0.6) is 0 Å². The highest BCUT2D eigenvalue weighted by molar-refractivity contribution is 5.83. The molecule has 2 aromatic heterocycles. The summed E-state index contributed by atoms with van der Waals surface area (Å²) in [6.45, 7) is 0.639. The second-order valence-corrected chi connectivity index (χ2v) is 7.24. The lowest BCUT2D eigenvalue weighted by Crippen LogP contribution is -2.22. The molecule has 2 aromatic carbocycles. The molecular formula is C25H20FN5O2. The SMILES string of the molecule is N#Cc1ccccc1-c1ccc(N(C=O)Cc2ccno2)c(NCCc2cccc(F)c2)n1. The van der Waals surface area contributed by atoms with Gasteiger partial charge in [0.05, 0.1) is 35.8 Å². The monoisotopic (exact) mass is 441 g/mol. The minimum atomic E-state index is -0.291. The Morgan fingerprint density at radius 2 is 2.00 bits per heavy atom. The van der Waals surface area contributed by atoms with E-state index in [9.17, 15) is 14.4 Å². The van der Waals surface area contributed by atoms with Gasteiger partial charge in [-0.1, -0.05) is 35.5 Å². The minimum absolute atomic E-state index is 0.178. The van der Waals surface area contributed by atoms with Crippen molar-refractivity contribution in [3.8, 4) is 17.3 Å². The van der Waals surface area contributed by atoms with Gasteiger partial charge in [0.25, 0.3) is 0 Å². The van der Waals surface area contributed by atoms with Crippen molar-refractivity contribution < 1.29 is 13.7 Å². The topological polar surface area (TPSA) is 95.0 Å². The predicted molar refractivity (Wildman–Crippen MR) is 122 cm³/mol. The molecule has 0 spiro atoms. The third-order valence-electron chi connectivity index (χ3n) is 5.05. The molecule has 0 aliphatic rings. The molecule has 1 amide bonds. The van der Waals surface area contributed by atoms with Crippen LogP contribution in [0.15, 0.2) is 77.4 Å². The molecule has 0 radical (unpaired) electrons. The number of rotatable bonds is 9. The Balaban J connectivity index is 1.65. The summed E-state index contributed by atoms with van der Waals surface area (Å²) in [6.07, 6.45) is 2.76. The van der Waals surface area contributed by atoms with Crippen LogP contribution in [0.2, 0.25) is 0 Å². The molecule has 1 N–H and O–H groups in total. The van der Waals surface area contributed by atoms with Crippen molar-refractivity contribution in [3.05, 3.63) is 95.6 Å². The molecule has 0 unspecified atom stereocenters. The van der Waals surface area contributed by atoms with Gasteiger partial charge in [-0.05, 0) is 42.3 Å². The fraction of sp³-hybridized carbons (Fsp3) is 0.120. The Morgan fingerprint density at radius 3 is 2.76 bits per heavy atom. The van der Waals surface area contributed by atoms with Crippen LogP contribution in [0.1, 0.15) is 16.9 Å². The van der Waals surface area contributed by atoms with Crippen molar-refractivity contribution in [3.63, 3.8) is 0 Å². The van der Waals surface area contributed by atoms with Gasteiger partial charge in [0.15, 0.2) is 11.6 Å². The van der Waals surface area contributed by atoms with Gasteiger partial charge in [-0.2, -0.15) is 5.26 Å². The molecule has 0 aliphatic heterocycles. The Labute approximate surface area is 190 Å². The van der Waals surface area contributed by atoms with Crippen LogP contribution in [-0.2, 0) is 17.8 Å². The quantitative estimate of drug-likeness (QED) is 0.383. The standard InChI is InChI=1S/C25H20FN5O2/c26-20-6-3-4-18(14-20)10-12-28-25-24(31(17-32)16-21-11-13-29-33-21)9-8-23(30-25)22-7-2-1-5-19(22)15-27/h1-9,11,13-14,17H,10,12,16H2,(H,28,30). The third kappa shape index (κ3) is 5.22. The summed E-state index contributed by atoms with van der Waals surface area (Å²) in [5.41, 5.74) is 3.16. The summed E-state index contributed by atoms with van der Waals surface area (Å²) in [7, 11) is 0. The number of hydrogen-bond donors (Lipinski definition) is 1. The summed E-state index contributed by atoms with van der Waals surface area (Å²) in [5.74, 6) is 0.690. The Bertz CT molecular complexity index is 1280. The normalized spacial score (nSPS) is 10.4. The molecule has 4 aromatic rings. The van der Waals surface area contributed by atoms with Gasteiger partial charge in [0, 0.05) is 18.2 Å². The van der Waals surface area contributed by atoms with Gasteiger partial charge in [0.2, 0.25) is 6.41 Å². The van der Waals surface area contributed by atoms with Gasteiger partial charge >= 0.3 is 0 Å². The summed E-state index contributed by atoms with van der Waals surface area (Å²) >= 11 is 0. The van der Waals surface area contributed by atoms with E-state index >= 15 is 0 Å². The van der Waals surface area contributed by atoms with E-state index in [-0.39, 0.29) is 12.4 Å². The van der Waals surface area contributed by atoms with E-state index in [1.165, 1.54) is 23.2 Å². The van der Waals surface area contributed by atoms with Crippen molar-refractivity contribution in [1.82, 2.24) is 10.1 Å². The van der Waals surface area contributed by atoms with Gasteiger partial charge < -0.3 is 14.7 Å². The summed E-state index contributed by atoms with van der Waals surface area (Å²) in [6, 6.07) is 21.0. The zero-order valence-corrected chi connectivity index (χ0v) is 17.6. The smallest absolute Gasteiger partial charge is 0.214 e. The molecule has 0 saturated heterocycles. The van der Waals surface area contributed by atoms with Crippen molar-refractivity contribution in [2.24, 2.45) is 0 Å². The maximum atomic E-state index is 13.5. The van der Waals surface area contributed by atoms with Crippen LogP contribution in [-0.4, -0.2) is 23.1 Å². The molecule has 0 atom stereocenters. The molecule has 2 heterocycles. The predicted octanol–water partition coefficient (Wildman–Crippen LogP) is 4.56. The van der Waals surface area contributed by atoms with E-state index in [0.29, 0.717) is 53.5 Å². The van der Waals surface area contributed by atoms with Crippen LogP contribution in [0.4, 0.5) is 15.9 Å². The van der Waals surface area contributed by atoms with Crippen LogP contribution in [0, 0.1) is 17.1 Å². The number of benzene rings is 2. The van der Waals surface area contributed by atoms with E-state index in [1.54, 1.807) is 36.4 Å². The first-order valence-electron chi connectivity index (χ1n) is 10.3. The first kappa shape index (κ1) is 21.7. The van der Waals surface area contributed by atoms with E-state index in [2.05, 4.69) is 16.5 Å². The first-order valence-corrected chi connectivity index (χ1v) is 10.3. The number of nitrogens with zero attached hydrogens (tertiary/aromatic N) is 4. The highest BCUT2D eigenvalue weighted by Gasteiger charge is 2.17. The Kier molecular flexibility index (Phi) is 6.71. The molecule has 164 valence electrons. The van der Waals surface area contributed by atoms with Crippen molar-refractivity contribution >= 4 is 17.9 Å². The number of carbonyl (C=O) groups excluding carboxylic acids is 1. The second-order valence-electron chi connectivity index (χ2n) is 7.24. The average Bonchev–Trinajstić information content (AvgIpc) is 3.36. The lowest BCUT2D eigenvalue weighted by atomic mass is 10.0. The average molecular weight is 441 g/mol. The number of nitrogens with one attached hydrogen (secondary N) is 1. The van der Waals surface area contributed by atoms with Crippen LogP contribution in [0.25, 0.3) is 11.3 Å². The highest BCUT2D eigenvalue weighted by atomic mass is 19.1. The van der Waals surface area contributed by atoms with E-state index < -0.39 is 0 Å². The van der Waals surface area contributed by atoms with Crippen LogP contribution < -0.4 is 10.2 Å². The zero-order chi connectivity index (χ0) is 23.0. The van der Waals surface area contributed by atoms with E-state index in [1.807, 2.05) is 18.2 Å². The first-order chi connectivity index (χ1) is 16.2. The van der Waals surface area contributed by atoms with Gasteiger partial charge in [0.1, 0.15) is 5.82 Å². The molecule has 7 nitrogen and oxygen atoms in total. The molecular weight excluding hydrogens is 421 g/mol. The fourth-order valence-corrected chi connectivity index (χ4v) is 3.46. The lowest BCUT2D eigenvalue weighted by Gasteiger charge is -2.20. The molecule has 4 rings (SSSR count). The van der Waals surface area contributed by atoms with Crippen molar-refractivity contribution in [2.45, 2.75) is 13.0 Å². The second kappa shape index (κ2) is 10.2. The van der Waals surface area contributed by atoms with E-state index in [4.69, 9.17) is 9.51 Å². The number of amides is 1. The summed E-state index contributed by atoms with van der Waals surface area (Å²) in [5, 5.41) is 16.4. The van der Waals surface area contributed by atoms with Crippen molar-refractivity contribution in [2.75, 3.05) is 16.8 Å². The van der Waals surface area contributed by atoms with Gasteiger partial charge in [-0.15, -0.1) is 0 Å². The molecule has 0 saturated carbocycles. The molecule has 0 aliphatic carbocycles. The van der Waals surface area contributed by atoms with Crippen molar-refractivity contribution in [1.29, 1.82) is 5.26 Å². The number of pyridine rings is 1. The largest absolute Gasteiger partial charge is 0.368 e. The Hall–Kier alpha value is -4.51. The number of nitriles is 1. The third-order valence-corrected chi connectivity index (χ3v) is 5.05. The lowest BCUT2D eigenvalue weighted by molar-refractivity contribution is -0.107. The van der Waals surface area contributed by atoms with Crippen LogP contribution >= 0.6 is 0 Å². The number of aromatic nitrogens is 2. The number of carbonyl (C=O) groups is 1. The molecule has 0 bridgehead atoms. The van der Waals surface area contributed by atoms with Crippen LogP contribution in [0.3, 0.4) is 0 Å². The maximum absolute atomic E-state index is 13.5. The van der Waals surface area contributed by atoms with E-state index in [0.717, 1.165) is 5.56 Å². The highest BCUT2D eigenvalue weighted by Crippen LogP contribution is 2.30. The molecule has 0 fully saturated rings. The van der Waals surface area contributed by atoms with Gasteiger partial charge in [-0.3, -0.25) is 4.79 Å². The number of anilines is 2. The fourth-order valence-electron chi connectivity index (χ4n) is 3.46. The molecule has 33 heavy (non-hydrogen) atoms. The van der Waals surface area contributed by atoms with Gasteiger partial charge in [-0.25, -0.2) is 9.37 Å². The molecule has 8 heteroatoms. The minimum Gasteiger partial charge on any atom is -0.368 e.